The van der Waals surface area contributed by atoms with Crippen LogP contribution in [0.25, 0.3) is 0 Å². The van der Waals surface area contributed by atoms with E-state index in [4.69, 9.17) is 9.47 Å². The van der Waals surface area contributed by atoms with Crippen molar-refractivity contribution in [3.05, 3.63) is 59.4 Å². The standard InChI is InChI=1S/C20H24FNO3/c1-4-22(14-16-8-10-18(24-2)19(13-16)25-3)20(23)11-9-15-6-5-7-17(21)12-15/h5-8,10,12-13H,4,9,11,14H2,1-3H3. The van der Waals surface area contributed by atoms with Gasteiger partial charge in [0.15, 0.2) is 11.5 Å². The minimum absolute atomic E-state index is 0.0431. The van der Waals surface area contributed by atoms with Crippen molar-refractivity contribution in [2.45, 2.75) is 26.3 Å². The number of hydrogen-bond donors (Lipinski definition) is 0. The molecule has 1 amide bonds. The predicted octanol–water partition coefficient (Wildman–Crippen LogP) is 3.82. The van der Waals surface area contributed by atoms with Crippen LogP contribution in [-0.4, -0.2) is 31.6 Å². The molecule has 4 nitrogen and oxygen atoms in total. The van der Waals surface area contributed by atoms with Crippen LogP contribution >= 0.6 is 0 Å². The van der Waals surface area contributed by atoms with E-state index in [-0.39, 0.29) is 11.7 Å². The number of aryl methyl sites for hydroxylation is 1. The summed E-state index contributed by atoms with van der Waals surface area (Å²) in [6, 6.07) is 12.0. The van der Waals surface area contributed by atoms with Crippen LogP contribution in [0.1, 0.15) is 24.5 Å². The van der Waals surface area contributed by atoms with Gasteiger partial charge in [0.1, 0.15) is 5.82 Å². The van der Waals surface area contributed by atoms with Crippen molar-refractivity contribution in [2.75, 3.05) is 20.8 Å². The highest BCUT2D eigenvalue weighted by atomic mass is 19.1. The highest BCUT2D eigenvalue weighted by Crippen LogP contribution is 2.28. The predicted molar refractivity (Wildman–Crippen MR) is 95.4 cm³/mol. The number of carbonyl (C=O) groups excluding carboxylic acids is 1. The maximum absolute atomic E-state index is 13.2. The third-order valence-corrected chi connectivity index (χ3v) is 4.07. The van der Waals surface area contributed by atoms with Crippen LogP contribution in [-0.2, 0) is 17.8 Å². The fourth-order valence-electron chi connectivity index (χ4n) is 2.68. The number of ether oxygens (including phenoxy) is 2. The normalized spacial score (nSPS) is 10.4. The lowest BCUT2D eigenvalue weighted by atomic mass is 10.1. The van der Waals surface area contributed by atoms with Crippen molar-refractivity contribution < 1.29 is 18.7 Å². The molecule has 0 fully saturated rings. The van der Waals surface area contributed by atoms with Gasteiger partial charge in [0.25, 0.3) is 0 Å². The van der Waals surface area contributed by atoms with Crippen LogP contribution in [0.3, 0.4) is 0 Å². The van der Waals surface area contributed by atoms with E-state index >= 15 is 0 Å². The van der Waals surface area contributed by atoms with Crippen LogP contribution in [0.4, 0.5) is 4.39 Å². The molecule has 0 N–H and O–H groups in total. The molecule has 5 heteroatoms. The van der Waals surface area contributed by atoms with E-state index in [1.54, 1.807) is 25.2 Å². The SMILES string of the molecule is CCN(Cc1ccc(OC)c(OC)c1)C(=O)CCc1cccc(F)c1. The fourth-order valence-corrected chi connectivity index (χ4v) is 2.68. The molecule has 0 saturated carbocycles. The number of nitrogens with zero attached hydrogens (tertiary/aromatic N) is 1. The summed E-state index contributed by atoms with van der Waals surface area (Å²) in [6.45, 7) is 3.05. The molecule has 0 unspecified atom stereocenters. The first-order valence-corrected chi connectivity index (χ1v) is 8.30. The van der Waals surface area contributed by atoms with Crippen molar-refractivity contribution >= 4 is 5.91 Å². The van der Waals surface area contributed by atoms with Gasteiger partial charge < -0.3 is 14.4 Å². The largest absolute Gasteiger partial charge is 0.493 e. The highest BCUT2D eigenvalue weighted by Gasteiger charge is 2.14. The van der Waals surface area contributed by atoms with Gasteiger partial charge in [-0.15, -0.1) is 0 Å². The third kappa shape index (κ3) is 5.21. The van der Waals surface area contributed by atoms with E-state index in [1.807, 2.05) is 31.2 Å². The minimum atomic E-state index is -0.275. The molecular weight excluding hydrogens is 321 g/mol. The van der Waals surface area contributed by atoms with Gasteiger partial charge in [-0.3, -0.25) is 4.79 Å². The molecule has 0 atom stereocenters. The Morgan fingerprint density at radius 2 is 1.80 bits per heavy atom. The molecule has 0 aromatic heterocycles. The van der Waals surface area contributed by atoms with E-state index in [0.717, 1.165) is 11.1 Å². The number of carbonyl (C=O) groups is 1. The Bertz CT molecular complexity index is 718. The zero-order valence-corrected chi connectivity index (χ0v) is 14.9. The van der Waals surface area contributed by atoms with Gasteiger partial charge in [0, 0.05) is 19.5 Å². The quantitative estimate of drug-likeness (QED) is 0.730. The minimum Gasteiger partial charge on any atom is -0.493 e. The van der Waals surface area contributed by atoms with Crippen LogP contribution in [0.2, 0.25) is 0 Å². The molecule has 0 saturated heterocycles. The summed E-state index contributed by atoms with van der Waals surface area (Å²) in [5.41, 5.74) is 1.80. The van der Waals surface area contributed by atoms with Gasteiger partial charge in [-0.05, 0) is 48.7 Å². The zero-order chi connectivity index (χ0) is 18.2. The Labute approximate surface area is 148 Å². The topological polar surface area (TPSA) is 38.8 Å². The number of amides is 1. The molecule has 0 heterocycles. The molecule has 0 aliphatic carbocycles. The molecule has 25 heavy (non-hydrogen) atoms. The molecule has 0 spiro atoms. The van der Waals surface area contributed by atoms with Crippen molar-refractivity contribution in [3.63, 3.8) is 0 Å². The van der Waals surface area contributed by atoms with Crippen LogP contribution in [0.5, 0.6) is 11.5 Å². The van der Waals surface area contributed by atoms with Crippen molar-refractivity contribution in [1.82, 2.24) is 4.90 Å². The van der Waals surface area contributed by atoms with Crippen LogP contribution in [0, 0.1) is 5.82 Å². The van der Waals surface area contributed by atoms with Crippen molar-refractivity contribution in [1.29, 1.82) is 0 Å². The van der Waals surface area contributed by atoms with E-state index in [2.05, 4.69) is 0 Å². The number of rotatable bonds is 8. The van der Waals surface area contributed by atoms with Gasteiger partial charge in [-0.25, -0.2) is 4.39 Å². The van der Waals surface area contributed by atoms with Gasteiger partial charge in [0.2, 0.25) is 5.91 Å². The van der Waals surface area contributed by atoms with E-state index in [9.17, 15) is 9.18 Å². The number of hydrogen-bond acceptors (Lipinski definition) is 3. The van der Waals surface area contributed by atoms with Crippen LogP contribution < -0.4 is 9.47 Å². The summed E-state index contributed by atoms with van der Waals surface area (Å²) in [5, 5.41) is 0. The van der Waals surface area contributed by atoms with Gasteiger partial charge in [0.05, 0.1) is 14.2 Å². The first-order chi connectivity index (χ1) is 12.1. The second kappa shape index (κ2) is 9.06. The molecule has 0 aliphatic heterocycles. The second-order valence-electron chi connectivity index (χ2n) is 5.73. The van der Waals surface area contributed by atoms with E-state index < -0.39 is 0 Å². The summed E-state index contributed by atoms with van der Waals surface area (Å²) in [5.74, 6) is 1.07. The lowest BCUT2D eigenvalue weighted by Crippen LogP contribution is -2.30. The average Bonchev–Trinajstić information content (AvgIpc) is 2.64. The van der Waals surface area contributed by atoms with Gasteiger partial charge in [-0.2, -0.15) is 0 Å². The van der Waals surface area contributed by atoms with Crippen molar-refractivity contribution in [3.8, 4) is 11.5 Å². The number of benzene rings is 2. The number of methoxy groups -OCH3 is 2. The maximum atomic E-state index is 13.2. The van der Waals surface area contributed by atoms with E-state index in [1.165, 1.54) is 12.1 Å². The molecule has 2 aromatic rings. The Kier molecular flexibility index (Phi) is 6.81. The second-order valence-corrected chi connectivity index (χ2v) is 5.73. The smallest absolute Gasteiger partial charge is 0.223 e. The maximum Gasteiger partial charge on any atom is 0.223 e. The molecule has 0 bridgehead atoms. The lowest BCUT2D eigenvalue weighted by Gasteiger charge is -2.21. The Morgan fingerprint density at radius 1 is 1.04 bits per heavy atom. The summed E-state index contributed by atoms with van der Waals surface area (Å²) in [4.78, 5) is 14.3. The molecular formula is C20H24FNO3. The molecule has 134 valence electrons. The monoisotopic (exact) mass is 345 g/mol. The molecule has 0 radical (unpaired) electrons. The van der Waals surface area contributed by atoms with Gasteiger partial charge in [-0.1, -0.05) is 18.2 Å². The van der Waals surface area contributed by atoms with Crippen molar-refractivity contribution in [2.24, 2.45) is 0 Å². The molecule has 0 aliphatic rings. The first-order valence-electron chi connectivity index (χ1n) is 8.30. The average molecular weight is 345 g/mol. The summed E-state index contributed by atoms with van der Waals surface area (Å²) in [6.07, 6.45) is 0.879. The Hall–Kier alpha value is -2.56. The Morgan fingerprint density at radius 3 is 2.44 bits per heavy atom. The van der Waals surface area contributed by atoms with E-state index in [0.29, 0.717) is 37.4 Å². The van der Waals surface area contributed by atoms with Crippen LogP contribution in [0.15, 0.2) is 42.5 Å². The van der Waals surface area contributed by atoms with Gasteiger partial charge >= 0.3 is 0 Å². The summed E-state index contributed by atoms with van der Waals surface area (Å²) in [7, 11) is 3.18. The third-order valence-electron chi connectivity index (χ3n) is 4.07. The fraction of sp³-hybridized carbons (Fsp3) is 0.350. The summed E-state index contributed by atoms with van der Waals surface area (Å²) >= 11 is 0. The number of halogens is 1. The first kappa shape index (κ1) is 18.8. The summed E-state index contributed by atoms with van der Waals surface area (Å²) < 4.78 is 23.8. The highest BCUT2D eigenvalue weighted by molar-refractivity contribution is 5.76. The zero-order valence-electron chi connectivity index (χ0n) is 14.9. The molecule has 2 aromatic carbocycles. The molecule has 2 rings (SSSR count). The Balaban J connectivity index is 2.00. The lowest BCUT2D eigenvalue weighted by molar-refractivity contribution is -0.131.